The van der Waals surface area contributed by atoms with Gasteiger partial charge in [-0.1, -0.05) is 0 Å². The molecule has 0 saturated carbocycles. The molecule has 20 heavy (non-hydrogen) atoms. The van der Waals surface area contributed by atoms with Crippen LogP contribution in [0.1, 0.15) is 23.7 Å². The van der Waals surface area contributed by atoms with E-state index in [0.29, 0.717) is 18.2 Å². The van der Waals surface area contributed by atoms with E-state index in [1.54, 1.807) is 11.9 Å². The lowest BCUT2D eigenvalue weighted by Crippen LogP contribution is -2.51. The van der Waals surface area contributed by atoms with Gasteiger partial charge in [-0.05, 0) is 0 Å². The zero-order valence-corrected chi connectivity index (χ0v) is 10.7. The Hall–Kier alpha value is -2.55. The number of hydrogen-bond donors (Lipinski definition) is 1. The molecule has 2 aromatic heterocycles. The number of nitrogens with zero attached hydrogens (tertiary/aromatic N) is 7. The van der Waals surface area contributed by atoms with Gasteiger partial charge < -0.3 is 4.90 Å². The summed E-state index contributed by atoms with van der Waals surface area (Å²) in [7, 11) is 1.73. The summed E-state index contributed by atoms with van der Waals surface area (Å²) in [6.07, 6.45) is 5.59. The summed E-state index contributed by atoms with van der Waals surface area (Å²) >= 11 is 0. The number of amides is 1. The molecule has 1 N–H and O–H groups in total. The van der Waals surface area contributed by atoms with Crippen LogP contribution in [0.5, 0.6) is 0 Å². The molecule has 1 saturated heterocycles. The van der Waals surface area contributed by atoms with Gasteiger partial charge >= 0.3 is 0 Å². The van der Waals surface area contributed by atoms with Gasteiger partial charge in [0.2, 0.25) is 5.91 Å². The monoisotopic (exact) mass is 272 g/mol. The van der Waals surface area contributed by atoms with Crippen molar-refractivity contribution in [2.24, 2.45) is 0 Å². The SMILES string of the molecule is CN1CC(c2ncncn2)NC(c2ncncn2)C1=O. The highest BCUT2D eigenvalue weighted by Gasteiger charge is 2.36. The van der Waals surface area contributed by atoms with E-state index in [0.717, 1.165) is 0 Å². The molecule has 3 heterocycles. The summed E-state index contributed by atoms with van der Waals surface area (Å²) < 4.78 is 0. The molecule has 0 radical (unpaired) electrons. The molecule has 2 unspecified atom stereocenters. The van der Waals surface area contributed by atoms with Crippen molar-refractivity contribution in [3.63, 3.8) is 0 Å². The number of likely N-dealkylation sites (N-methyl/N-ethyl adjacent to an activating group) is 1. The van der Waals surface area contributed by atoms with Crippen molar-refractivity contribution in [3.05, 3.63) is 37.0 Å². The number of rotatable bonds is 2. The molecule has 1 amide bonds. The third-order valence-electron chi connectivity index (χ3n) is 3.04. The van der Waals surface area contributed by atoms with E-state index in [4.69, 9.17) is 0 Å². The second-order valence-electron chi connectivity index (χ2n) is 4.36. The summed E-state index contributed by atoms with van der Waals surface area (Å²) in [5.41, 5.74) is 0. The Bertz CT molecular complexity index is 592. The molecule has 0 spiro atoms. The lowest BCUT2D eigenvalue weighted by Gasteiger charge is -2.34. The highest BCUT2D eigenvalue weighted by atomic mass is 16.2. The van der Waals surface area contributed by atoms with Crippen molar-refractivity contribution in [1.29, 1.82) is 0 Å². The van der Waals surface area contributed by atoms with Crippen LogP contribution in [0.4, 0.5) is 0 Å². The van der Waals surface area contributed by atoms with Crippen LogP contribution in [0.25, 0.3) is 0 Å². The van der Waals surface area contributed by atoms with Crippen LogP contribution in [0, 0.1) is 0 Å². The van der Waals surface area contributed by atoms with Crippen molar-refractivity contribution in [3.8, 4) is 0 Å². The van der Waals surface area contributed by atoms with Gasteiger partial charge in [0.05, 0.1) is 6.04 Å². The fourth-order valence-electron chi connectivity index (χ4n) is 2.08. The Balaban J connectivity index is 1.89. The maximum absolute atomic E-state index is 12.2. The average Bonchev–Trinajstić information content (AvgIpc) is 2.51. The fourth-order valence-corrected chi connectivity index (χ4v) is 2.08. The molecule has 0 bridgehead atoms. The van der Waals surface area contributed by atoms with Gasteiger partial charge in [-0.3, -0.25) is 10.1 Å². The molecule has 102 valence electrons. The zero-order chi connectivity index (χ0) is 13.9. The second kappa shape index (κ2) is 5.21. The summed E-state index contributed by atoms with van der Waals surface area (Å²) in [5.74, 6) is 0.871. The lowest BCUT2D eigenvalue weighted by molar-refractivity contribution is -0.136. The van der Waals surface area contributed by atoms with Crippen LogP contribution in [0.3, 0.4) is 0 Å². The van der Waals surface area contributed by atoms with Crippen molar-refractivity contribution in [2.45, 2.75) is 12.1 Å². The normalized spacial score (nSPS) is 22.9. The van der Waals surface area contributed by atoms with E-state index < -0.39 is 6.04 Å². The lowest BCUT2D eigenvalue weighted by atomic mass is 10.1. The number of carbonyl (C=O) groups is 1. The van der Waals surface area contributed by atoms with E-state index in [2.05, 4.69) is 35.2 Å². The molecule has 2 aromatic rings. The highest BCUT2D eigenvalue weighted by Crippen LogP contribution is 2.22. The molecule has 3 rings (SSSR count). The second-order valence-corrected chi connectivity index (χ2v) is 4.36. The molecule has 1 aliphatic heterocycles. The Labute approximate surface area is 114 Å². The number of nitrogens with one attached hydrogen (secondary N) is 1. The van der Waals surface area contributed by atoms with Crippen LogP contribution in [0.15, 0.2) is 25.3 Å². The minimum Gasteiger partial charge on any atom is -0.342 e. The minimum absolute atomic E-state index is 0.0958. The topological polar surface area (TPSA) is 110 Å². The first-order chi connectivity index (χ1) is 9.75. The van der Waals surface area contributed by atoms with E-state index in [1.807, 2.05) is 0 Å². The summed E-state index contributed by atoms with van der Waals surface area (Å²) in [5, 5.41) is 3.17. The fraction of sp³-hybridized carbons (Fsp3) is 0.364. The van der Waals surface area contributed by atoms with Crippen LogP contribution < -0.4 is 5.32 Å². The predicted octanol–water partition coefficient (Wildman–Crippen LogP) is -1.10. The molecule has 1 fully saturated rings. The number of piperazine rings is 1. The minimum atomic E-state index is -0.626. The molecule has 9 heteroatoms. The van der Waals surface area contributed by atoms with Gasteiger partial charge in [0.15, 0.2) is 11.6 Å². The molecule has 2 atom stereocenters. The maximum Gasteiger partial charge on any atom is 0.247 e. The van der Waals surface area contributed by atoms with Gasteiger partial charge in [-0.25, -0.2) is 29.9 Å². The summed E-state index contributed by atoms with van der Waals surface area (Å²) in [6, 6.07) is -0.819. The van der Waals surface area contributed by atoms with Crippen molar-refractivity contribution in [2.75, 3.05) is 13.6 Å². The molecule has 1 aliphatic rings. The smallest absolute Gasteiger partial charge is 0.247 e. The first-order valence-corrected chi connectivity index (χ1v) is 6.00. The summed E-state index contributed by atoms with van der Waals surface area (Å²) in [6.45, 7) is 0.477. The number of hydrogen-bond acceptors (Lipinski definition) is 8. The quantitative estimate of drug-likeness (QED) is 0.733. The molecular weight excluding hydrogens is 260 g/mol. The molecular formula is C11H12N8O. The van der Waals surface area contributed by atoms with E-state index in [-0.39, 0.29) is 11.9 Å². The Morgan fingerprint density at radius 3 is 2.20 bits per heavy atom. The molecule has 9 nitrogen and oxygen atoms in total. The largest absolute Gasteiger partial charge is 0.342 e. The van der Waals surface area contributed by atoms with Gasteiger partial charge in [-0.15, -0.1) is 0 Å². The zero-order valence-electron chi connectivity index (χ0n) is 10.7. The van der Waals surface area contributed by atoms with Gasteiger partial charge in [0.25, 0.3) is 0 Å². The average molecular weight is 272 g/mol. The Morgan fingerprint density at radius 1 is 1.05 bits per heavy atom. The third kappa shape index (κ3) is 2.30. The first kappa shape index (κ1) is 12.5. The van der Waals surface area contributed by atoms with E-state index >= 15 is 0 Å². The number of carbonyl (C=O) groups excluding carboxylic acids is 1. The van der Waals surface area contributed by atoms with E-state index in [9.17, 15) is 4.79 Å². The van der Waals surface area contributed by atoms with Gasteiger partial charge in [0, 0.05) is 13.6 Å². The molecule has 0 aromatic carbocycles. The first-order valence-electron chi connectivity index (χ1n) is 6.00. The maximum atomic E-state index is 12.2. The summed E-state index contributed by atoms with van der Waals surface area (Å²) in [4.78, 5) is 37.7. The van der Waals surface area contributed by atoms with Crippen LogP contribution in [-0.4, -0.2) is 54.3 Å². The van der Waals surface area contributed by atoms with Crippen molar-refractivity contribution in [1.82, 2.24) is 40.1 Å². The van der Waals surface area contributed by atoms with Crippen molar-refractivity contribution < 1.29 is 4.79 Å². The molecule has 0 aliphatic carbocycles. The number of aromatic nitrogens is 6. The third-order valence-corrected chi connectivity index (χ3v) is 3.04. The predicted molar refractivity (Wildman–Crippen MR) is 65.9 cm³/mol. The van der Waals surface area contributed by atoms with Crippen LogP contribution in [0.2, 0.25) is 0 Å². The highest BCUT2D eigenvalue weighted by molar-refractivity contribution is 5.83. The van der Waals surface area contributed by atoms with Gasteiger partial charge in [0.1, 0.15) is 31.4 Å². The van der Waals surface area contributed by atoms with E-state index in [1.165, 1.54) is 25.3 Å². The standard InChI is InChI=1S/C11H12N8O/c1-19-2-7(9-14-3-12-4-15-9)18-8(11(19)20)10-16-5-13-6-17-10/h3-8,18H,2H2,1H3. The van der Waals surface area contributed by atoms with Crippen LogP contribution in [-0.2, 0) is 4.79 Å². The Morgan fingerprint density at radius 2 is 1.60 bits per heavy atom. The van der Waals surface area contributed by atoms with Gasteiger partial charge in [-0.2, -0.15) is 0 Å². The Kier molecular flexibility index (Phi) is 3.25. The van der Waals surface area contributed by atoms with Crippen LogP contribution >= 0.6 is 0 Å². The van der Waals surface area contributed by atoms with Crippen molar-refractivity contribution >= 4 is 5.91 Å².